The molecule has 110 valence electrons. The Bertz CT molecular complexity index is 286. The van der Waals surface area contributed by atoms with E-state index in [1.54, 1.807) is 0 Å². The molecule has 0 aromatic heterocycles. The number of aliphatic hydroxyl groups is 1. The van der Waals surface area contributed by atoms with Gasteiger partial charge in [0.25, 0.3) is 0 Å². The third-order valence-corrected chi connectivity index (χ3v) is 3.60. The van der Waals surface area contributed by atoms with Crippen LogP contribution in [0.3, 0.4) is 0 Å². The Morgan fingerprint density at radius 3 is 2.53 bits per heavy atom. The van der Waals surface area contributed by atoms with Gasteiger partial charge in [0.05, 0.1) is 0 Å². The van der Waals surface area contributed by atoms with E-state index in [0.717, 1.165) is 32.2 Å². The lowest BCUT2D eigenvalue weighted by Crippen LogP contribution is -2.43. The number of likely N-dealkylation sites (tertiary alicyclic amines) is 1. The molecule has 0 unspecified atom stereocenters. The zero-order chi connectivity index (χ0) is 14.1. The maximum atomic E-state index is 11.9. The zero-order valence-corrected chi connectivity index (χ0v) is 11.9. The van der Waals surface area contributed by atoms with Crippen molar-refractivity contribution in [3.63, 3.8) is 0 Å². The number of aliphatic hydroxyl groups excluding tert-OH is 1. The van der Waals surface area contributed by atoms with Gasteiger partial charge in [-0.2, -0.15) is 0 Å². The number of rotatable bonds is 7. The van der Waals surface area contributed by atoms with Crippen molar-refractivity contribution in [3.05, 3.63) is 0 Å². The largest absolute Gasteiger partial charge is 0.396 e. The van der Waals surface area contributed by atoms with Gasteiger partial charge < -0.3 is 15.3 Å². The molecular formula is C14H26N2O3. The highest BCUT2D eigenvalue weighted by Crippen LogP contribution is 2.18. The van der Waals surface area contributed by atoms with Crippen LogP contribution >= 0.6 is 0 Å². The number of piperidine rings is 1. The molecule has 2 amide bonds. The van der Waals surface area contributed by atoms with Gasteiger partial charge in [0, 0.05) is 38.6 Å². The lowest BCUT2D eigenvalue weighted by Gasteiger charge is -2.31. The molecule has 0 bridgehead atoms. The Balaban J connectivity index is 2.24. The average Bonchev–Trinajstić information content (AvgIpc) is 2.45. The summed E-state index contributed by atoms with van der Waals surface area (Å²) >= 11 is 0. The minimum Gasteiger partial charge on any atom is -0.396 e. The number of carbonyl (C=O) groups is 2. The van der Waals surface area contributed by atoms with Gasteiger partial charge in [-0.15, -0.1) is 0 Å². The van der Waals surface area contributed by atoms with Crippen LogP contribution in [0.2, 0.25) is 0 Å². The monoisotopic (exact) mass is 270 g/mol. The van der Waals surface area contributed by atoms with Gasteiger partial charge in [-0.05, 0) is 25.7 Å². The fourth-order valence-corrected chi connectivity index (χ4v) is 2.31. The second kappa shape index (κ2) is 8.91. The van der Waals surface area contributed by atoms with E-state index in [9.17, 15) is 9.59 Å². The summed E-state index contributed by atoms with van der Waals surface area (Å²) in [6.45, 7) is 4.24. The maximum Gasteiger partial charge on any atom is 0.223 e. The summed E-state index contributed by atoms with van der Waals surface area (Å²) in [7, 11) is 0. The third-order valence-electron chi connectivity index (χ3n) is 3.60. The van der Waals surface area contributed by atoms with E-state index < -0.39 is 0 Å². The average molecular weight is 270 g/mol. The van der Waals surface area contributed by atoms with Crippen LogP contribution in [0.25, 0.3) is 0 Å². The van der Waals surface area contributed by atoms with Crippen LogP contribution in [-0.2, 0) is 9.59 Å². The number of carbonyl (C=O) groups excluding carboxylic acids is 2. The van der Waals surface area contributed by atoms with Crippen molar-refractivity contribution in [3.8, 4) is 0 Å². The van der Waals surface area contributed by atoms with E-state index in [-0.39, 0.29) is 24.3 Å². The highest BCUT2D eigenvalue weighted by Gasteiger charge is 2.26. The molecule has 1 aliphatic rings. The van der Waals surface area contributed by atoms with Crippen molar-refractivity contribution in [1.82, 2.24) is 10.2 Å². The van der Waals surface area contributed by atoms with Gasteiger partial charge in [-0.3, -0.25) is 9.59 Å². The van der Waals surface area contributed by atoms with E-state index in [2.05, 4.69) is 12.2 Å². The first-order chi connectivity index (χ1) is 9.19. The predicted octanol–water partition coefficient (Wildman–Crippen LogP) is 0.914. The van der Waals surface area contributed by atoms with Gasteiger partial charge in [0.2, 0.25) is 11.8 Å². The molecule has 1 aliphatic heterocycles. The molecule has 0 saturated carbocycles. The topological polar surface area (TPSA) is 69.6 Å². The van der Waals surface area contributed by atoms with E-state index >= 15 is 0 Å². The normalized spacial score (nSPS) is 16.4. The lowest BCUT2D eigenvalue weighted by molar-refractivity contribution is -0.135. The summed E-state index contributed by atoms with van der Waals surface area (Å²) in [5.41, 5.74) is 0. The van der Waals surface area contributed by atoms with Crippen LogP contribution in [0.15, 0.2) is 0 Å². The second-order valence-electron chi connectivity index (χ2n) is 5.13. The Hall–Kier alpha value is -1.10. The molecule has 1 heterocycles. The number of unbranched alkanes of at least 4 members (excludes halogenated alkanes) is 1. The third kappa shape index (κ3) is 5.59. The molecule has 5 nitrogen and oxygen atoms in total. The van der Waals surface area contributed by atoms with Crippen molar-refractivity contribution in [2.24, 2.45) is 5.92 Å². The molecule has 19 heavy (non-hydrogen) atoms. The number of hydrogen-bond donors (Lipinski definition) is 2. The maximum absolute atomic E-state index is 11.9. The van der Waals surface area contributed by atoms with Gasteiger partial charge in [0.15, 0.2) is 0 Å². The standard InChI is InChI=1S/C14H26N2O3/c1-2-3-8-15-14(19)12-6-9-16(10-7-12)13(18)5-4-11-17/h12,17H,2-11H2,1H3,(H,15,19). The number of nitrogens with one attached hydrogen (secondary N) is 1. The van der Waals surface area contributed by atoms with Crippen LogP contribution < -0.4 is 5.32 Å². The summed E-state index contributed by atoms with van der Waals surface area (Å²) in [6, 6.07) is 0. The Morgan fingerprint density at radius 1 is 1.26 bits per heavy atom. The first-order valence-corrected chi connectivity index (χ1v) is 7.35. The van der Waals surface area contributed by atoms with Gasteiger partial charge in [-0.25, -0.2) is 0 Å². The Kier molecular flexibility index (Phi) is 7.48. The van der Waals surface area contributed by atoms with Gasteiger partial charge >= 0.3 is 0 Å². The molecule has 0 atom stereocenters. The van der Waals surface area contributed by atoms with E-state index in [1.165, 1.54) is 0 Å². The first kappa shape index (κ1) is 16.0. The molecule has 0 radical (unpaired) electrons. The summed E-state index contributed by atoms with van der Waals surface area (Å²) in [5, 5.41) is 11.7. The Labute approximate surface area is 115 Å². The Morgan fingerprint density at radius 2 is 1.95 bits per heavy atom. The van der Waals surface area contributed by atoms with Crippen LogP contribution in [0.1, 0.15) is 45.4 Å². The predicted molar refractivity (Wildman–Crippen MR) is 73.5 cm³/mol. The minimum atomic E-state index is 0.0544. The highest BCUT2D eigenvalue weighted by atomic mass is 16.3. The number of amides is 2. The van der Waals surface area contributed by atoms with E-state index in [0.29, 0.717) is 25.9 Å². The molecule has 0 aromatic rings. The molecule has 0 aromatic carbocycles. The fourth-order valence-electron chi connectivity index (χ4n) is 2.31. The van der Waals surface area contributed by atoms with Crippen molar-refractivity contribution in [2.75, 3.05) is 26.2 Å². The molecule has 1 rings (SSSR count). The summed E-state index contributed by atoms with van der Waals surface area (Å²) in [5.74, 6) is 0.286. The molecule has 0 aliphatic carbocycles. The minimum absolute atomic E-state index is 0.0544. The smallest absolute Gasteiger partial charge is 0.223 e. The van der Waals surface area contributed by atoms with E-state index in [4.69, 9.17) is 5.11 Å². The fraction of sp³-hybridized carbons (Fsp3) is 0.857. The number of nitrogens with zero attached hydrogens (tertiary/aromatic N) is 1. The number of hydrogen-bond acceptors (Lipinski definition) is 3. The van der Waals surface area contributed by atoms with Crippen molar-refractivity contribution >= 4 is 11.8 Å². The van der Waals surface area contributed by atoms with Crippen LogP contribution in [0.5, 0.6) is 0 Å². The van der Waals surface area contributed by atoms with Crippen molar-refractivity contribution < 1.29 is 14.7 Å². The van der Waals surface area contributed by atoms with Crippen molar-refractivity contribution in [1.29, 1.82) is 0 Å². The van der Waals surface area contributed by atoms with Crippen LogP contribution in [0, 0.1) is 5.92 Å². The lowest BCUT2D eigenvalue weighted by atomic mass is 9.95. The molecule has 5 heteroatoms. The highest BCUT2D eigenvalue weighted by molar-refractivity contribution is 5.80. The van der Waals surface area contributed by atoms with Crippen LogP contribution in [-0.4, -0.2) is 48.1 Å². The molecule has 2 N–H and O–H groups in total. The SMILES string of the molecule is CCCCNC(=O)C1CCN(C(=O)CCCO)CC1. The summed E-state index contributed by atoms with van der Waals surface area (Å²) < 4.78 is 0. The van der Waals surface area contributed by atoms with Gasteiger partial charge in [0.1, 0.15) is 0 Å². The second-order valence-corrected chi connectivity index (χ2v) is 5.13. The van der Waals surface area contributed by atoms with Gasteiger partial charge in [-0.1, -0.05) is 13.3 Å². The summed E-state index contributed by atoms with van der Waals surface area (Å²) in [6.07, 6.45) is 4.54. The zero-order valence-electron chi connectivity index (χ0n) is 11.9. The molecule has 0 spiro atoms. The van der Waals surface area contributed by atoms with Crippen LogP contribution in [0.4, 0.5) is 0 Å². The quantitative estimate of drug-likeness (QED) is 0.676. The molecule has 1 saturated heterocycles. The molecule has 1 fully saturated rings. The summed E-state index contributed by atoms with van der Waals surface area (Å²) in [4.78, 5) is 25.4. The first-order valence-electron chi connectivity index (χ1n) is 7.35. The molecular weight excluding hydrogens is 244 g/mol. The van der Waals surface area contributed by atoms with E-state index in [1.807, 2.05) is 4.90 Å². The van der Waals surface area contributed by atoms with Crippen molar-refractivity contribution in [2.45, 2.75) is 45.4 Å².